The summed E-state index contributed by atoms with van der Waals surface area (Å²) in [6, 6.07) is 13.5. The molecule has 2 aromatic carbocycles. The summed E-state index contributed by atoms with van der Waals surface area (Å²) in [5.41, 5.74) is -0.0279. The van der Waals surface area contributed by atoms with Crippen molar-refractivity contribution < 1.29 is 27.5 Å². The SMILES string of the molecule is CCS(=O)(=O)c1ccc(O)c(NC(=O)c2ccc(COc3ccc(Cl)cc3)o2)c1. The van der Waals surface area contributed by atoms with Gasteiger partial charge in [-0.25, -0.2) is 8.42 Å². The molecule has 0 atom stereocenters. The van der Waals surface area contributed by atoms with Gasteiger partial charge in [-0.1, -0.05) is 18.5 Å². The van der Waals surface area contributed by atoms with Crippen LogP contribution >= 0.6 is 11.6 Å². The first kappa shape index (κ1) is 20.8. The van der Waals surface area contributed by atoms with E-state index in [2.05, 4.69) is 5.32 Å². The van der Waals surface area contributed by atoms with Crippen molar-refractivity contribution in [3.05, 3.63) is 71.1 Å². The van der Waals surface area contributed by atoms with E-state index in [0.29, 0.717) is 16.5 Å². The van der Waals surface area contributed by atoms with Crippen molar-refractivity contribution in [3.63, 3.8) is 0 Å². The van der Waals surface area contributed by atoms with Crippen LogP contribution in [0.15, 0.2) is 63.9 Å². The number of rotatable bonds is 7. The van der Waals surface area contributed by atoms with E-state index in [4.69, 9.17) is 20.8 Å². The Morgan fingerprint density at radius 1 is 1.14 bits per heavy atom. The van der Waals surface area contributed by atoms with Gasteiger partial charge in [0.1, 0.15) is 23.9 Å². The van der Waals surface area contributed by atoms with Gasteiger partial charge in [0.05, 0.1) is 16.3 Å². The lowest BCUT2D eigenvalue weighted by molar-refractivity contribution is 0.0992. The normalized spacial score (nSPS) is 11.2. The minimum atomic E-state index is -3.48. The monoisotopic (exact) mass is 435 g/mol. The van der Waals surface area contributed by atoms with Crippen LogP contribution in [0.2, 0.25) is 5.02 Å². The summed E-state index contributed by atoms with van der Waals surface area (Å²) >= 11 is 5.82. The van der Waals surface area contributed by atoms with Crippen molar-refractivity contribution in [2.24, 2.45) is 0 Å². The predicted octanol–water partition coefficient (Wildman–Crippen LogP) is 4.26. The molecule has 0 aliphatic rings. The molecule has 0 spiro atoms. The molecule has 0 saturated heterocycles. The van der Waals surface area contributed by atoms with E-state index in [1.165, 1.54) is 31.2 Å². The molecule has 0 aliphatic carbocycles. The van der Waals surface area contributed by atoms with E-state index >= 15 is 0 Å². The fourth-order valence-electron chi connectivity index (χ4n) is 2.42. The highest BCUT2D eigenvalue weighted by Crippen LogP contribution is 2.27. The molecule has 1 aromatic heterocycles. The summed E-state index contributed by atoms with van der Waals surface area (Å²) in [5.74, 6) is 0.00542. The van der Waals surface area contributed by atoms with E-state index in [1.807, 2.05) is 0 Å². The van der Waals surface area contributed by atoms with Crippen LogP contribution in [-0.4, -0.2) is 25.2 Å². The number of furan rings is 1. The highest BCUT2D eigenvalue weighted by Gasteiger charge is 2.17. The standard InChI is InChI=1S/C20H18ClNO6S/c1-2-29(25,26)16-8-9-18(23)17(11-16)22-20(24)19-10-7-15(28-19)12-27-14-5-3-13(21)4-6-14/h3-11,23H,2,12H2,1H3,(H,22,24). The molecular formula is C20H18ClNO6S. The Hall–Kier alpha value is -2.97. The first-order chi connectivity index (χ1) is 13.8. The average Bonchev–Trinajstić information content (AvgIpc) is 3.18. The van der Waals surface area contributed by atoms with Crippen LogP contribution < -0.4 is 10.1 Å². The van der Waals surface area contributed by atoms with Crippen LogP contribution in [0, 0.1) is 0 Å². The van der Waals surface area contributed by atoms with E-state index < -0.39 is 15.7 Å². The van der Waals surface area contributed by atoms with Crippen molar-refractivity contribution in [1.29, 1.82) is 0 Å². The Morgan fingerprint density at radius 3 is 2.55 bits per heavy atom. The van der Waals surface area contributed by atoms with Crippen LogP contribution in [0.3, 0.4) is 0 Å². The van der Waals surface area contributed by atoms with Crippen LogP contribution in [-0.2, 0) is 16.4 Å². The zero-order valence-electron chi connectivity index (χ0n) is 15.4. The quantitative estimate of drug-likeness (QED) is 0.537. The molecule has 7 nitrogen and oxygen atoms in total. The van der Waals surface area contributed by atoms with Crippen molar-refractivity contribution in [2.75, 3.05) is 11.1 Å². The third-order valence-corrected chi connectivity index (χ3v) is 6.02. The number of phenolic OH excluding ortho intramolecular Hbond substituents is 1. The summed E-state index contributed by atoms with van der Waals surface area (Å²) in [6.07, 6.45) is 0. The maximum atomic E-state index is 12.4. The van der Waals surface area contributed by atoms with Gasteiger partial charge in [-0.3, -0.25) is 4.79 Å². The largest absolute Gasteiger partial charge is 0.506 e. The fraction of sp³-hybridized carbons (Fsp3) is 0.150. The second kappa shape index (κ2) is 8.59. The van der Waals surface area contributed by atoms with Crippen LogP contribution in [0.1, 0.15) is 23.2 Å². The molecule has 3 aromatic rings. The topological polar surface area (TPSA) is 106 Å². The molecule has 152 valence electrons. The van der Waals surface area contributed by atoms with Crippen LogP contribution in [0.5, 0.6) is 11.5 Å². The average molecular weight is 436 g/mol. The number of hydrogen-bond acceptors (Lipinski definition) is 6. The number of carbonyl (C=O) groups is 1. The first-order valence-corrected chi connectivity index (χ1v) is 10.7. The molecule has 0 fully saturated rings. The maximum Gasteiger partial charge on any atom is 0.291 e. The number of hydrogen-bond donors (Lipinski definition) is 2. The van der Waals surface area contributed by atoms with Gasteiger partial charge in [-0.15, -0.1) is 0 Å². The summed E-state index contributed by atoms with van der Waals surface area (Å²) in [5, 5.41) is 13.0. The molecule has 29 heavy (non-hydrogen) atoms. The zero-order valence-corrected chi connectivity index (χ0v) is 17.0. The van der Waals surface area contributed by atoms with E-state index in [0.717, 1.165) is 0 Å². The van der Waals surface area contributed by atoms with Gasteiger partial charge in [0, 0.05) is 5.02 Å². The van der Waals surface area contributed by atoms with Crippen molar-refractivity contribution >= 4 is 33.0 Å². The molecule has 0 aliphatic heterocycles. The minimum absolute atomic E-state index is 0.00426. The molecule has 2 N–H and O–H groups in total. The molecular weight excluding hydrogens is 418 g/mol. The van der Waals surface area contributed by atoms with Crippen LogP contribution in [0.25, 0.3) is 0 Å². The summed E-state index contributed by atoms with van der Waals surface area (Å²) in [6.45, 7) is 1.61. The molecule has 1 heterocycles. The number of nitrogens with one attached hydrogen (secondary N) is 1. The molecule has 0 bridgehead atoms. The van der Waals surface area contributed by atoms with Crippen LogP contribution in [0.4, 0.5) is 5.69 Å². The first-order valence-electron chi connectivity index (χ1n) is 8.62. The van der Waals surface area contributed by atoms with Gasteiger partial charge in [0.25, 0.3) is 5.91 Å². The van der Waals surface area contributed by atoms with Gasteiger partial charge < -0.3 is 19.6 Å². The Balaban J connectivity index is 1.69. The summed E-state index contributed by atoms with van der Waals surface area (Å²) in [7, 11) is -3.48. The van der Waals surface area contributed by atoms with Gasteiger partial charge in [-0.05, 0) is 54.6 Å². The number of ether oxygens (including phenoxy) is 1. The lowest BCUT2D eigenvalue weighted by Gasteiger charge is -2.09. The highest BCUT2D eigenvalue weighted by atomic mass is 35.5. The fourth-order valence-corrected chi connectivity index (χ4v) is 3.45. The second-order valence-electron chi connectivity index (χ2n) is 6.05. The number of amides is 1. The number of carbonyl (C=O) groups excluding carboxylic acids is 1. The smallest absolute Gasteiger partial charge is 0.291 e. The Labute approximate surface area is 172 Å². The van der Waals surface area contributed by atoms with Gasteiger partial charge in [-0.2, -0.15) is 0 Å². The van der Waals surface area contributed by atoms with E-state index in [-0.39, 0.29) is 34.5 Å². The van der Waals surface area contributed by atoms with Crippen molar-refractivity contribution in [1.82, 2.24) is 0 Å². The Morgan fingerprint density at radius 2 is 1.86 bits per heavy atom. The predicted molar refractivity (Wildman–Crippen MR) is 108 cm³/mol. The lowest BCUT2D eigenvalue weighted by Crippen LogP contribution is -2.12. The number of halogens is 1. The molecule has 0 unspecified atom stereocenters. The van der Waals surface area contributed by atoms with Crippen molar-refractivity contribution in [2.45, 2.75) is 18.4 Å². The third kappa shape index (κ3) is 5.10. The van der Waals surface area contributed by atoms with Gasteiger partial charge in [0.15, 0.2) is 15.6 Å². The number of anilines is 1. The number of benzene rings is 2. The van der Waals surface area contributed by atoms with Gasteiger partial charge in [0.2, 0.25) is 0 Å². The summed E-state index contributed by atoms with van der Waals surface area (Å²) < 4.78 is 35.0. The van der Waals surface area contributed by atoms with Crippen molar-refractivity contribution in [3.8, 4) is 11.5 Å². The minimum Gasteiger partial charge on any atom is -0.506 e. The Kier molecular flexibility index (Phi) is 6.14. The highest BCUT2D eigenvalue weighted by molar-refractivity contribution is 7.91. The number of sulfone groups is 1. The molecule has 0 radical (unpaired) electrons. The summed E-state index contributed by atoms with van der Waals surface area (Å²) in [4.78, 5) is 12.4. The number of phenols is 1. The number of aromatic hydroxyl groups is 1. The Bertz CT molecular complexity index is 1120. The third-order valence-electron chi connectivity index (χ3n) is 4.04. The molecule has 9 heteroatoms. The lowest BCUT2D eigenvalue weighted by atomic mass is 10.3. The molecule has 0 saturated carbocycles. The molecule has 3 rings (SSSR count). The maximum absolute atomic E-state index is 12.4. The zero-order chi connectivity index (χ0) is 21.0. The van der Waals surface area contributed by atoms with E-state index in [1.54, 1.807) is 30.3 Å². The second-order valence-corrected chi connectivity index (χ2v) is 8.76. The van der Waals surface area contributed by atoms with Gasteiger partial charge >= 0.3 is 0 Å². The molecule has 1 amide bonds. The van der Waals surface area contributed by atoms with E-state index in [9.17, 15) is 18.3 Å².